The molecular weight excluding hydrogens is 332 g/mol. The number of carbonyl (C=O) groups is 2. The first-order valence-electron chi connectivity index (χ1n) is 7.96. The molecule has 0 heterocycles. The second-order valence-corrected chi connectivity index (χ2v) is 7.09. The summed E-state index contributed by atoms with van der Waals surface area (Å²) in [5, 5.41) is 3.16. The topological polar surface area (TPSA) is 49.4 Å². The minimum absolute atomic E-state index is 0.0385. The summed E-state index contributed by atoms with van der Waals surface area (Å²) in [5.41, 5.74) is 0. The third-order valence-corrected chi connectivity index (χ3v) is 4.81. The summed E-state index contributed by atoms with van der Waals surface area (Å²) < 4.78 is 0. The molecule has 0 aliphatic rings. The lowest BCUT2D eigenvalue weighted by Gasteiger charge is -2.25. The molecule has 0 bridgehead atoms. The van der Waals surface area contributed by atoms with E-state index in [1.54, 1.807) is 4.90 Å². The Morgan fingerprint density at radius 3 is 2.57 bits per heavy atom. The third-order valence-electron chi connectivity index (χ3n) is 3.20. The summed E-state index contributed by atoms with van der Waals surface area (Å²) >= 11 is 7.57. The van der Waals surface area contributed by atoms with Gasteiger partial charge in [-0.05, 0) is 31.9 Å². The lowest BCUT2D eigenvalue weighted by molar-refractivity contribution is -0.135. The van der Waals surface area contributed by atoms with Crippen molar-refractivity contribution in [1.82, 2.24) is 10.2 Å². The van der Waals surface area contributed by atoms with E-state index in [2.05, 4.69) is 5.32 Å². The van der Waals surface area contributed by atoms with Crippen LogP contribution in [0.15, 0.2) is 29.2 Å². The Balaban J connectivity index is 2.68. The molecule has 0 radical (unpaired) electrons. The smallest absolute Gasteiger partial charge is 0.239 e. The molecule has 23 heavy (non-hydrogen) atoms. The summed E-state index contributed by atoms with van der Waals surface area (Å²) in [4.78, 5) is 27.0. The van der Waals surface area contributed by atoms with Crippen LogP contribution in [0.4, 0.5) is 0 Å². The fourth-order valence-corrected chi connectivity index (χ4v) is 3.31. The number of benzene rings is 1. The molecule has 0 spiro atoms. The van der Waals surface area contributed by atoms with Crippen molar-refractivity contribution in [3.8, 4) is 0 Å². The Kier molecular flexibility index (Phi) is 9.10. The fourth-order valence-electron chi connectivity index (χ4n) is 2.07. The van der Waals surface area contributed by atoms with Gasteiger partial charge in [-0.2, -0.15) is 0 Å². The van der Waals surface area contributed by atoms with Gasteiger partial charge < -0.3 is 10.2 Å². The van der Waals surface area contributed by atoms with Crippen molar-refractivity contribution < 1.29 is 9.59 Å². The molecule has 1 N–H and O–H groups in total. The first kappa shape index (κ1) is 19.8. The zero-order valence-corrected chi connectivity index (χ0v) is 15.5. The van der Waals surface area contributed by atoms with E-state index in [0.717, 1.165) is 17.7 Å². The zero-order valence-electron chi connectivity index (χ0n) is 14.0. The van der Waals surface area contributed by atoms with Gasteiger partial charge in [0.25, 0.3) is 0 Å². The van der Waals surface area contributed by atoms with Gasteiger partial charge >= 0.3 is 0 Å². The van der Waals surface area contributed by atoms with Crippen LogP contribution in [0.5, 0.6) is 0 Å². The molecule has 4 nitrogen and oxygen atoms in total. The van der Waals surface area contributed by atoms with Crippen LogP contribution in [0.1, 0.15) is 33.6 Å². The molecule has 1 atom stereocenters. The van der Waals surface area contributed by atoms with Gasteiger partial charge in [-0.15, -0.1) is 11.8 Å². The maximum Gasteiger partial charge on any atom is 0.239 e. The second-order valence-electron chi connectivity index (χ2n) is 5.30. The SMILES string of the molecule is CCCNC(=O)CN(CCC)C(=O)C(C)Sc1ccccc1Cl. The Labute approximate surface area is 148 Å². The van der Waals surface area contributed by atoms with Crippen molar-refractivity contribution in [3.63, 3.8) is 0 Å². The van der Waals surface area contributed by atoms with E-state index < -0.39 is 0 Å². The second kappa shape index (κ2) is 10.6. The van der Waals surface area contributed by atoms with Crippen molar-refractivity contribution in [3.05, 3.63) is 29.3 Å². The number of amides is 2. The van der Waals surface area contributed by atoms with Crippen LogP contribution < -0.4 is 5.32 Å². The van der Waals surface area contributed by atoms with E-state index in [1.807, 2.05) is 45.0 Å². The van der Waals surface area contributed by atoms with Crippen LogP contribution in [-0.2, 0) is 9.59 Å². The van der Waals surface area contributed by atoms with Gasteiger partial charge in [-0.1, -0.05) is 37.6 Å². The first-order chi connectivity index (χ1) is 11.0. The summed E-state index contributed by atoms with van der Waals surface area (Å²) in [7, 11) is 0. The average molecular weight is 357 g/mol. The summed E-state index contributed by atoms with van der Waals surface area (Å²) in [5.74, 6) is -0.146. The molecule has 0 aliphatic carbocycles. The monoisotopic (exact) mass is 356 g/mol. The summed E-state index contributed by atoms with van der Waals surface area (Å²) in [6, 6.07) is 7.46. The van der Waals surface area contributed by atoms with E-state index >= 15 is 0 Å². The van der Waals surface area contributed by atoms with Crippen LogP contribution in [0, 0.1) is 0 Å². The molecule has 0 saturated heterocycles. The molecule has 1 aromatic carbocycles. The van der Waals surface area contributed by atoms with Crippen LogP contribution in [0.3, 0.4) is 0 Å². The molecule has 1 unspecified atom stereocenters. The highest BCUT2D eigenvalue weighted by Crippen LogP contribution is 2.30. The summed E-state index contributed by atoms with van der Waals surface area (Å²) in [6.45, 7) is 7.17. The zero-order chi connectivity index (χ0) is 17.2. The van der Waals surface area contributed by atoms with Crippen LogP contribution in [0.2, 0.25) is 5.02 Å². The van der Waals surface area contributed by atoms with Gasteiger partial charge in [0.15, 0.2) is 0 Å². The average Bonchev–Trinajstić information content (AvgIpc) is 2.54. The van der Waals surface area contributed by atoms with Crippen LogP contribution >= 0.6 is 23.4 Å². The molecule has 128 valence electrons. The molecule has 1 aromatic rings. The highest BCUT2D eigenvalue weighted by molar-refractivity contribution is 8.00. The number of rotatable bonds is 9. The van der Waals surface area contributed by atoms with Gasteiger partial charge in [-0.25, -0.2) is 0 Å². The highest BCUT2D eigenvalue weighted by atomic mass is 35.5. The Bertz CT molecular complexity index is 525. The maximum absolute atomic E-state index is 12.6. The molecule has 0 saturated carbocycles. The van der Waals surface area contributed by atoms with Gasteiger partial charge in [0.05, 0.1) is 16.8 Å². The van der Waals surface area contributed by atoms with Crippen molar-refractivity contribution in [2.45, 2.75) is 43.8 Å². The predicted molar refractivity (Wildman–Crippen MR) is 96.9 cm³/mol. The van der Waals surface area contributed by atoms with Crippen molar-refractivity contribution >= 4 is 35.2 Å². The lowest BCUT2D eigenvalue weighted by Crippen LogP contribution is -2.44. The number of thioether (sulfide) groups is 1. The van der Waals surface area contributed by atoms with Crippen LogP contribution in [0.25, 0.3) is 0 Å². The van der Waals surface area contributed by atoms with E-state index in [-0.39, 0.29) is 23.6 Å². The van der Waals surface area contributed by atoms with Crippen molar-refractivity contribution in [2.75, 3.05) is 19.6 Å². The number of hydrogen-bond donors (Lipinski definition) is 1. The van der Waals surface area contributed by atoms with Crippen LogP contribution in [-0.4, -0.2) is 41.6 Å². The molecule has 2 amide bonds. The van der Waals surface area contributed by atoms with E-state index in [0.29, 0.717) is 18.1 Å². The quantitative estimate of drug-likeness (QED) is 0.688. The molecule has 1 rings (SSSR count). The fraction of sp³-hybridized carbons (Fsp3) is 0.529. The Hall–Kier alpha value is -1.20. The number of nitrogens with zero attached hydrogens (tertiary/aromatic N) is 1. The normalized spacial score (nSPS) is 11.8. The highest BCUT2D eigenvalue weighted by Gasteiger charge is 2.23. The Morgan fingerprint density at radius 1 is 1.26 bits per heavy atom. The van der Waals surface area contributed by atoms with Gasteiger partial charge in [0, 0.05) is 18.0 Å². The number of halogens is 1. The summed E-state index contributed by atoms with van der Waals surface area (Å²) in [6.07, 6.45) is 1.70. The minimum atomic E-state index is -0.291. The third kappa shape index (κ3) is 6.83. The van der Waals surface area contributed by atoms with Gasteiger partial charge in [0.1, 0.15) is 0 Å². The predicted octanol–water partition coefficient (Wildman–Crippen LogP) is 3.59. The van der Waals surface area contributed by atoms with E-state index in [1.165, 1.54) is 11.8 Å². The molecule has 0 fully saturated rings. The maximum atomic E-state index is 12.6. The minimum Gasteiger partial charge on any atom is -0.355 e. The van der Waals surface area contributed by atoms with Crippen molar-refractivity contribution in [2.24, 2.45) is 0 Å². The Morgan fingerprint density at radius 2 is 1.96 bits per heavy atom. The molecule has 0 aromatic heterocycles. The molecule has 0 aliphatic heterocycles. The lowest BCUT2D eigenvalue weighted by atomic mass is 10.3. The largest absolute Gasteiger partial charge is 0.355 e. The first-order valence-corrected chi connectivity index (χ1v) is 9.22. The standard InChI is InChI=1S/C17H25ClN2O2S/c1-4-10-19-16(21)12-20(11-5-2)17(22)13(3)23-15-9-7-6-8-14(15)18/h6-9,13H,4-5,10-12H2,1-3H3,(H,19,21). The molecule has 6 heteroatoms. The van der Waals surface area contributed by atoms with E-state index in [9.17, 15) is 9.59 Å². The van der Waals surface area contributed by atoms with Crippen molar-refractivity contribution in [1.29, 1.82) is 0 Å². The number of hydrogen-bond acceptors (Lipinski definition) is 3. The van der Waals surface area contributed by atoms with E-state index in [4.69, 9.17) is 11.6 Å². The van der Waals surface area contributed by atoms with Gasteiger partial charge in [-0.3, -0.25) is 9.59 Å². The molecular formula is C17H25ClN2O2S. The van der Waals surface area contributed by atoms with Gasteiger partial charge in [0.2, 0.25) is 11.8 Å². The number of nitrogens with one attached hydrogen (secondary N) is 1. The number of carbonyl (C=O) groups excluding carboxylic acids is 2.